The van der Waals surface area contributed by atoms with Crippen LogP contribution in [0.15, 0.2) is 0 Å². The summed E-state index contributed by atoms with van der Waals surface area (Å²) < 4.78 is 0. The molecule has 4 nitrogen and oxygen atoms in total. The Hall–Kier alpha value is -1.24. The van der Waals surface area contributed by atoms with Gasteiger partial charge in [0.1, 0.15) is 6.54 Å². The van der Waals surface area contributed by atoms with Crippen molar-refractivity contribution in [3.63, 3.8) is 0 Å². The molecule has 50 valence electrons. The zero-order chi connectivity index (χ0) is 7.28. The van der Waals surface area contributed by atoms with Crippen LogP contribution < -0.4 is 5.32 Å². The van der Waals surface area contributed by atoms with Gasteiger partial charge in [0.15, 0.2) is 6.19 Å². The van der Waals surface area contributed by atoms with Crippen LogP contribution in [0.4, 0.5) is 0 Å². The van der Waals surface area contributed by atoms with Gasteiger partial charge in [-0.1, -0.05) is 0 Å². The molecule has 0 aromatic rings. The van der Waals surface area contributed by atoms with E-state index in [1.165, 1.54) is 4.90 Å². The van der Waals surface area contributed by atoms with Crippen molar-refractivity contribution < 1.29 is 4.79 Å². The van der Waals surface area contributed by atoms with Crippen molar-refractivity contribution in [3.8, 4) is 6.19 Å². The number of carbonyl (C=O) groups excluding carboxylic acids is 1. The second-order valence-corrected chi connectivity index (χ2v) is 1.75. The van der Waals surface area contributed by atoms with Crippen molar-refractivity contribution in [3.05, 3.63) is 0 Å². The van der Waals surface area contributed by atoms with E-state index in [9.17, 15) is 4.79 Å². The van der Waals surface area contributed by atoms with Crippen LogP contribution >= 0.6 is 0 Å². The van der Waals surface area contributed by atoms with Gasteiger partial charge in [-0.25, -0.2) is 0 Å². The van der Waals surface area contributed by atoms with Gasteiger partial charge in [-0.3, -0.25) is 4.79 Å². The van der Waals surface area contributed by atoms with Gasteiger partial charge < -0.3 is 10.2 Å². The van der Waals surface area contributed by atoms with Crippen LogP contribution in [0.25, 0.3) is 0 Å². The quantitative estimate of drug-likeness (QED) is 0.388. The summed E-state index contributed by atoms with van der Waals surface area (Å²) in [6, 6.07) is 0. The van der Waals surface area contributed by atoms with Gasteiger partial charge in [-0.2, -0.15) is 5.26 Å². The average molecular weight is 127 g/mol. The van der Waals surface area contributed by atoms with Crippen molar-refractivity contribution in [2.24, 2.45) is 0 Å². The molecule has 1 N–H and O–H groups in total. The van der Waals surface area contributed by atoms with Gasteiger partial charge in [0.05, 0.1) is 0 Å². The zero-order valence-electron chi connectivity index (χ0n) is 5.51. The second kappa shape index (κ2) is 3.72. The monoisotopic (exact) mass is 127 g/mol. The fourth-order valence-electron chi connectivity index (χ4n) is 0.273. The predicted molar refractivity (Wildman–Crippen MR) is 32.3 cm³/mol. The Morgan fingerprint density at radius 1 is 1.78 bits per heavy atom. The molecule has 0 saturated heterocycles. The third-order valence-corrected chi connectivity index (χ3v) is 0.817. The van der Waals surface area contributed by atoms with E-state index >= 15 is 0 Å². The molecule has 0 aromatic carbocycles. The van der Waals surface area contributed by atoms with Crippen molar-refractivity contribution >= 4 is 5.91 Å². The fourth-order valence-corrected chi connectivity index (χ4v) is 0.273. The predicted octanol–water partition coefficient (Wildman–Crippen LogP) is -0.855. The normalized spacial score (nSPS) is 7.67. The third-order valence-electron chi connectivity index (χ3n) is 0.817. The molecule has 0 fully saturated rings. The van der Waals surface area contributed by atoms with E-state index in [4.69, 9.17) is 5.26 Å². The zero-order valence-corrected chi connectivity index (χ0v) is 5.51. The minimum atomic E-state index is -0.100. The van der Waals surface area contributed by atoms with Crippen molar-refractivity contribution in [2.45, 2.75) is 0 Å². The summed E-state index contributed by atoms with van der Waals surface area (Å²) in [5.41, 5.74) is 0. The number of hydrogen-bond donors (Lipinski definition) is 1. The minimum Gasteiger partial charge on any atom is -0.347 e. The maximum atomic E-state index is 10.6. The molecule has 0 heterocycles. The number of hydrogen-bond acceptors (Lipinski definition) is 3. The average Bonchev–Trinajstić information content (AvgIpc) is 1.82. The molecular formula is C5H9N3O. The topological polar surface area (TPSA) is 56.1 Å². The van der Waals surface area contributed by atoms with Crippen molar-refractivity contribution in [1.29, 1.82) is 5.26 Å². The Labute approximate surface area is 54.1 Å². The number of nitriles is 1. The molecule has 0 aliphatic carbocycles. The molecule has 0 aliphatic rings. The largest absolute Gasteiger partial charge is 0.347 e. The Bertz CT molecular complexity index is 136. The molecule has 0 radical (unpaired) electrons. The first-order valence-corrected chi connectivity index (χ1v) is 2.50. The maximum absolute atomic E-state index is 10.6. The first-order chi connectivity index (χ1) is 4.18. The van der Waals surface area contributed by atoms with Crippen LogP contribution in [-0.4, -0.2) is 31.4 Å². The lowest BCUT2D eigenvalue weighted by molar-refractivity contribution is -0.127. The Morgan fingerprint density at radius 2 is 2.33 bits per heavy atom. The highest BCUT2D eigenvalue weighted by atomic mass is 16.2. The number of carbonyl (C=O) groups is 1. The summed E-state index contributed by atoms with van der Waals surface area (Å²) >= 11 is 0. The lowest BCUT2D eigenvalue weighted by Crippen LogP contribution is -2.30. The molecule has 0 saturated carbocycles. The SMILES string of the molecule is CN(C)C(=O)CNC#N. The lowest BCUT2D eigenvalue weighted by Gasteiger charge is -2.07. The fraction of sp³-hybridized carbons (Fsp3) is 0.600. The van der Waals surface area contributed by atoms with Crippen molar-refractivity contribution in [2.75, 3.05) is 20.6 Å². The van der Waals surface area contributed by atoms with E-state index in [-0.39, 0.29) is 12.5 Å². The van der Waals surface area contributed by atoms with E-state index in [0.29, 0.717) is 0 Å². The van der Waals surface area contributed by atoms with Crippen LogP contribution in [-0.2, 0) is 4.79 Å². The molecule has 9 heavy (non-hydrogen) atoms. The van der Waals surface area contributed by atoms with Gasteiger partial charge in [-0.15, -0.1) is 0 Å². The van der Waals surface area contributed by atoms with Gasteiger partial charge in [0, 0.05) is 14.1 Å². The van der Waals surface area contributed by atoms with E-state index in [2.05, 4.69) is 5.32 Å². The number of likely N-dealkylation sites (N-methyl/N-ethyl adjacent to an activating group) is 1. The Morgan fingerprint density at radius 3 is 2.67 bits per heavy atom. The molecule has 0 aliphatic heterocycles. The van der Waals surface area contributed by atoms with Gasteiger partial charge in [-0.05, 0) is 0 Å². The number of rotatable bonds is 2. The Balaban J connectivity index is 3.42. The highest BCUT2D eigenvalue weighted by Crippen LogP contribution is 1.73. The molecule has 0 rings (SSSR count). The summed E-state index contributed by atoms with van der Waals surface area (Å²) in [4.78, 5) is 12.0. The molecule has 0 aromatic heterocycles. The second-order valence-electron chi connectivity index (χ2n) is 1.75. The van der Waals surface area contributed by atoms with Crippen LogP contribution in [0.2, 0.25) is 0 Å². The summed E-state index contributed by atoms with van der Waals surface area (Å²) in [5.74, 6) is -0.100. The molecular weight excluding hydrogens is 118 g/mol. The van der Waals surface area contributed by atoms with Crippen molar-refractivity contribution in [1.82, 2.24) is 10.2 Å². The van der Waals surface area contributed by atoms with E-state index in [0.717, 1.165) is 0 Å². The van der Waals surface area contributed by atoms with Crippen LogP contribution in [0.1, 0.15) is 0 Å². The minimum absolute atomic E-state index is 0.0868. The number of nitrogens with one attached hydrogen (secondary N) is 1. The first-order valence-electron chi connectivity index (χ1n) is 2.50. The number of nitrogens with zero attached hydrogens (tertiary/aromatic N) is 2. The van der Waals surface area contributed by atoms with E-state index in [1.807, 2.05) is 0 Å². The molecule has 4 heteroatoms. The van der Waals surface area contributed by atoms with E-state index < -0.39 is 0 Å². The summed E-state index contributed by atoms with van der Waals surface area (Å²) in [5, 5.41) is 10.2. The highest BCUT2D eigenvalue weighted by Gasteiger charge is 1.99. The number of amides is 1. The molecule has 0 bridgehead atoms. The van der Waals surface area contributed by atoms with Gasteiger partial charge in [0.25, 0.3) is 0 Å². The van der Waals surface area contributed by atoms with Crippen LogP contribution in [0, 0.1) is 11.5 Å². The molecule has 0 spiro atoms. The third kappa shape index (κ3) is 3.35. The lowest BCUT2D eigenvalue weighted by atomic mass is 10.5. The van der Waals surface area contributed by atoms with Gasteiger partial charge in [0.2, 0.25) is 5.91 Å². The molecule has 1 amide bonds. The summed E-state index contributed by atoms with van der Waals surface area (Å²) in [7, 11) is 3.28. The summed E-state index contributed by atoms with van der Waals surface area (Å²) in [6.07, 6.45) is 1.66. The standard InChI is InChI=1S/C5H9N3O/c1-8(2)5(9)3-7-4-6/h7H,3H2,1-2H3. The van der Waals surface area contributed by atoms with Crippen LogP contribution in [0.5, 0.6) is 0 Å². The maximum Gasteiger partial charge on any atom is 0.242 e. The van der Waals surface area contributed by atoms with Gasteiger partial charge >= 0.3 is 0 Å². The Kier molecular flexibility index (Phi) is 3.21. The van der Waals surface area contributed by atoms with Crippen LogP contribution in [0.3, 0.4) is 0 Å². The van der Waals surface area contributed by atoms with E-state index in [1.54, 1.807) is 20.3 Å². The smallest absolute Gasteiger partial charge is 0.242 e. The highest BCUT2D eigenvalue weighted by molar-refractivity contribution is 5.77. The summed E-state index contributed by atoms with van der Waals surface area (Å²) in [6.45, 7) is 0.0868. The molecule has 0 unspecified atom stereocenters. The first kappa shape index (κ1) is 7.76. The molecule has 0 atom stereocenters.